The molecule has 2 N–H and O–H groups in total. The molecule has 0 aliphatic carbocycles. The maximum atomic E-state index is 5.86. The van der Waals surface area contributed by atoms with E-state index in [1.54, 1.807) is 6.33 Å². The molecule has 2 rings (SSSR count). The average molecular weight is 287 g/mol. The third-order valence-electron chi connectivity index (χ3n) is 3.40. The lowest BCUT2D eigenvalue weighted by atomic mass is 10.2. The normalized spacial score (nSPS) is 11.5. The summed E-state index contributed by atoms with van der Waals surface area (Å²) in [6.45, 7) is 9.16. The zero-order chi connectivity index (χ0) is 15.2. The monoisotopic (exact) mass is 287 g/mol. The molecule has 0 amide bonds. The number of nitrogens with zero attached hydrogens (tertiary/aromatic N) is 4. The van der Waals surface area contributed by atoms with Crippen LogP contribution in [-0.2, 0) is 13.1 Å². The molecule has 0 atom stereocenters. The maximum absolute atomic E-state index is 5.86. The number of nitrogens with two attached hydrogens (primary N) is 1. The van der Waals surface area contributed by atoms with Crippen molar-refractivity contribution in [3.05, 3.63) is 42.0 Å². The van der Waals surface area contributed by atoms with Crippen LogP contribution < -0.4 is 5.73 Å². The minimum Gasteiger partial charge on any atom is -0.399 e. The summed E-state index contributed by atoms with van der Waals surface area (Å²) < 4.78 is 1.99. The first kappa shape index (κ1) is 15.5. The summed E-state index contributed by atoms with van der Waals surface area (Å²) in [6.07, 6.45) is 2.75. The summed E-state index contributed by atoms with van der Waals surface area (Å²) in [4.78, 5) is 6.79. The second-order valence-electron chi connectivity index (χ2n) is 5.67. The van der Waals surface area contributed by atoms with Crippen LogP contribution in [0.1, 0.15) is 44.6 Å². The first-order chi connectivity index (χ1) is 10.1. The molecule has 0 saturated heterocycles. The molecular formula is C16H25N5. The topological polar surface area (TPSA) is 60.0 Å². The summed E-state index contributed by atoms with van der Waals surface area (Å²) in [5.74, 6) is 1.02. The number of anilines is 1. The Balaban J connectivity index is 2.10. The van der Waals surface area contributed by atoms with E-state index in [0.717, 1.165) is 37.6 Å². The van der Waals surface area contributed by atoms with E-state index in [1.807, 2.05) is 22.9 Å². The fourth-order valence-corrected chi connectivity index (χ4v) is 2.50. The second kappa shape index (κ2) is 7.22. The number of aromatic nitrogens is 3. The largest absolute Gasteiger partial charge is 0.399 e. The van der Waals surface area contributed by atoms with Crippen molar-refractivity contribution in [3.63, 3.8) is 0 Å². The molecule has 114 valence electrons. The maximum Gasteiger partial charge on any atom is 0.141 e. The van der Waals surface area contributed by atoms with Gasteiger partial charge in [-0.25, -0.2) is 9.67 Å². The molecule has 0 bridgehead atoms. The van der Waals surface area contributed by atoms with Crippen LogP contribution in [0.25, 0.3) is 0 Å². The van der Waals surface area contributed by atoms with Gasteiger partial charge in [0.2, 0.25) is 0 Å². The van der Waals surface area contributed by atoms with Gasteiger partial charge < -0.3 is 5.73 Å². The number of benzene rings is 1. The van der Waals surface area contributed by atoms with E-state index in [9.17, 15) is 0 Å². The molecule has 5 heteroatoms. The van der Waals surface area contributed by atoms with Crippen molar-refractivity contribution in [1.82, 2.24) is 19.7 Å². The molecule has 0 radical (unpaired) electrons. The Morgan fingerprint density at radius 2 is 2.10 bits per heavy atom. The Kier molecular flexibility index (Phi) is 5.33. The van der Waals surface area contributed by atoms with Gasteiger partial charge in [0.05, 0.1) is 6.54 Å². The molecule has 0 aliphatic heterocycles. The Morgan fingerprint density at radius 1 is 1.29 bits per heavy atom. The zero-order valence-electron chi connectivity index (χ0n) is 13.2. The standard InChI is InChI=1S/C16H25N5/c1-4-8-20(10-14-6-5-7-15(17)9-14)11-16-18-12-19-21(16)13(2)3/h5-7,9,12-13H,4,8,10-11,17H2,1-3H3. The van der Waals surface area contributed by atoms with E-state index < -0.39 is 0 Å². The first-order valence-electron chi connectivity index (χ1n) is 7.55. The minimum absolute atomic E-state index is 0.332. The van der Waals surface area contributed by atoms with Crippen molar-refractivity contribution >= 4 is 5.69 Å². The Hall–Kier alpha value is -1.88. The SMILES string of the molecule is CCCN(Cc1cccc(N)c1)Cc1ncnn1C(C)C. The molecule has 1 aromatic carbocycles. The fraction of sp³-hybridized carbons (Fsp3) is 0.500. The number of rotatable bonds is 7. The highest BCUT2D eigenvalue weighted by Crippen LogP contribution is 2.13. The fourth-order valence-electron chi connectivity index (χ4n) is 2.50. The zero-order valence-corrected chi connectivity index (χ0v) is 13.2. The lowest BCUT2D eigenvalue weighted by molar-refractivity contribution is 0.243. The summed E-state index contributed by atoms with van der Waals surface area (Å²) in [7, 11) is 0. The lowest BCUT2D eigenvalue weighted by Crippen LogP contribution is -2.26. The molecule has 1 aromatic heterocycles. The van der Waals surface area contributed by atoms with Crippen molar-refractivity contribution in [3.8, 4) is 0 Å². The highest BCUT2D eigenvalue weighted by Gasteiger charge is 2.13. The van der Waals surface area contributed by atoms with Crippen LogP contribution in [0, 0.1) is 0 Å². The Morgan fingerprint density at radius 3 is 2.76 bits per heavy atom. The van der Waals surface area contributed by atoms with Crippen LogP contribution >= 0.6 is 0 Å². The third kappa shape index (κ3) is 4.29. The van der Waals surface area contributed by atoms with Crippen molar-refractivity contribution in [2.45, 2.75) is 46.3 Å². The molecule has 1 heterocycles. The Bertz CT molecular complexity index is 561. The van der Waals surface area contributed by atoms with Gasteiger partial charge in [0.1, 0.15) is 12.2 Å². The van der Waals surface area contributed by atoms with Crippen molar-refractivity contribution in [2.75, 3.05) is 12.3 Å². The van der Waals surface area contributed by atoms with Gasteiger partial charge in [-0.1, -0.05) is 19.1 Å². The third-order valence-corrected chi connectivity index (χ3v) is 3.40. The van der Waals surface area contributed by atoms with Crippen molar-refractivity contribution < 1.29 is 0 Å². The smallest absolute Gasteiger partial charge is 0.141 e. The molecular weight excluding hydrogens is 262 g/mol. The second-order valence-corrected chi connectivity index (χ2v) is 5.67. The van der Waals surface area contributed by atoms with E-state index in [0.29, 0.717) is 6.04 Å². The van der Waals surface area contributed by atoms with Gasteiger partial charge in [-0.15, -0.1) is 0 Å². The van der Waals surface area contributed by atoms with Gasteiger partial charge in [-0.2, -0.15) is 5.10 Å². The van der Waals surface area contributed by atoms with Crippen molar-refractivity contribution in [2.24, 2.45) is 0 Å². The van der Waals surface area contributed by atoms with Gasteiger partial charge >= 0.3 is 0 Å². The number of nitrogen functional groups attached to an aromatic ring is 1. The first-order valence-corrected chi connectivity index (χ1v) is 7.55. The summed E-state index contributed by atoms with van der Waals surface area (Å²) in [5.41, 5.74) is 7.91. The molecule has 0 fully saturated rings. The van der Waals surface area contributed by atoms with Crippen LogP contribution in [0.4, 0.5) is 5.69 Å². The number of hydrogen-bond donors (Lipinski definition) is 1. The number of hydrogen-bond acceptors (Lipinski definition) is 4. The highest BCUT2D eigenvalue weighted by atomic mass is 15.4. The van der Waals surface area contributed by atoms with Crippen LogP contribution in [-0.4, -0.2) is 26.2 Å². The van der Waals surface area contributed by atoms with Crippen LogP contribution in [0.15, 0.2) is 30.6 Å². The van der Waals surface area contributed by atoms with Gasteiger partial charge in [0, 0.05) is 18.3 Å². The van der Waals surface area contributed by atoms with Crippen LogP contribution in [0.2, 0.25) is 0 Å². The van der Waals surface area contributed by atoms with E-state index >= 15 is 0 Å². The van der Waals surface area contributed by atoms with Gasteiger partial charge in [-0.3, -0.25) is 4.90 Å². The molecule has 0 unspecified atom stereocenters. The quantitative estimate of drug-likeness (QED) is 0.795. The molecule has 0 saturated carbocycles. The van der Waals surface area contributed by atoms with Crippen LogP contribution in [0.5, 0.6) is 0 Å². The highest BCUT2D eigenvalue weighted by molar-refractivity contribution is 5.40. The van der Waals surface area contributed by atoms with E-state index in [-0.39, 0.29) is 0 Å². The summed E-state index contributed by atoms with van der Waals surface area (Å²) in [5, 5.41) is 4.31. The lowest BCUT2D eigenvalue weighted by Gasteiger charge is -2.22. The molecule has 2 aromatic rings. The van der Waals surface area contributed by atoms with E-state index in [1.165, 1.54) is 5.56 Å². The van der Waals surface area contributed by atoms with Gasteiger partial charge in [0.15, 0.2) is 0 Å². The van der Waals surface area contributed by atoms with Crippen LogP contribution in [0.3, 0.4) is 0 Å². The summed E-state index contributed by atoms with van der Waals surface area (Å²) in [6, 6.07) is 8.41. The molecule has 21 heavy (non-hydrogen) atoms. The predicted molar refractivity (Wildman–Crippen MR) is 85.7 cm³/mol. The predicted octanol–water partition coefficient (Wildman–Crippen LogP) is 2.85. The van der Waals surface area contributed by atoms with Gasteiger partial charge in [0.25, 0.3) is 0 Å². The summed E-state index contributed by atoms with van der Waals surface area (Å²) >= 11 is 0. The molecule has 0 aliphatic rings. The van der Waals surface area contributed by atoms with Gasteiger partial charge in [-0.05, 0) is 44.5 Å². The molecule has 5 nitrogen and oxygen atoms in total. The average Bonchev–Trinajstić information content (AvgIpc) is 2.87. The Labute approximate surface area is 126 Å². The van der Waals surface area contributed by atoms with E-state index in [2.05, 4.69) is 41.8 Å². The van der Waals surface area contributed by atoms with Crippen molar-refractivity contribution in [1.29, 1.82) is 0 Å². The minimum atomic E-state index is 0.332. The molecule has 0 spiro atoms. The van der Waals surface area contributed by atoms with E-state index in [4.69, 9.17) is 5.73 Å².